The van der Waals surface area contributed by atoms with Gasteiger partial charge in [-0.3, -0.25) is 4.90 Å². The summed E-state index contributed by atoms with van der Waals surface area (Å²) in [4.78, 5) is 2.15. The molecule has 1 nitrogen and oxygen atoms in total. The van der Waals surface area contributed by atoms with Gasteiger partial charge < -0.3 is 0 Å². The average molecular weight is 192 g/mol. The van der Waals surface area contributed by atoms with Crippen LogP contribution in [-0.4, -0.2) is 25.0 Å². The molecule has 1 rings (SSSR count). The van der Waals surface area contributed by atoms with Crippen LogP contribution in [0, 0.1) is 24.2 Å². The summed E-state index contributed by atoms with van der Waals surface area (Å²) in [5.41, 5.74) is 0. The summed E-state index contributed by atoms with van der Waals surface area (Å²) < 4.78 is 0. The summed E-state index contributed by atoms with van der Waals surface area (Å²) in [6.07, 6.45) is 8.82. The van der Waals surface area contributed by atoms with Gasteiger partial charge in [0.25, 0.3) is 0 Å². The highest BCUT2D eigenvalue weighted by Gasteiger charge is 2.11. The summed E-state index contributed by atoms with van der Waals surface area (Å²) in [6.45, 7) is 2.15. The first-order chi connectivity index (χ1) is 6.70. The molecule has 14 heavy (non-hydrogen) atoms. The van der Waals surface area contributed by atoms with Crippen molar-refractivity contribution in [3.8, 4) is 11.8 Å². The van der Waals surface area contributed by atoms with Crippen molar-refractivity contribution in [3.05, 3.63) is 6.42 Å². The van der Waals surface area contributed by atoms with Crippen molar-refractivity contribution in [1.82, 2.24) is 4.90 Å². The lowest BCUT2D eigenvalue weighted by Crippen LogP contribution is -2.22. The molecular formula is C13H22N. The molecule has 0 aromatic rings. The lowest BCUT2D eigenvalue weighted by molar-refractivity contribution is 0.372. The molecule has 1 heteroatoms. The van der Waals surface area contributed by atoms with Gasteiger partial charge in [0.15, 0.2) is 0 Å². The highest BCUT2D eigenvalue weighted by atomic mass is 15.1. The molecule has 1 aliphatic carbocycles. The van der Waals surface area contributed by atoms with E-state index in [1.165, 1.54) is 25.7 Å². The number of rotatable bonds is 2. The van der Waals surface area contributed by atoms with Crippen LogP contribution in [0.25, 0.3) is 0 Å². The molecule has 1 aliphatic rings. The Morgan fingerprint density at radius 2 is 2.00 bits per heavy atom. The highest BCUT2D eigenvalue weighted by Crippen LogP contribution is 2.24. The fraction of sp³-hybridized carbons (Fsp3) is 0.769. The van der Waals surface area contributed by atoms with E-state index < -0.39 is 0 Å². The molecule has 79 valence electrons. The molecule has 0 aromatic heterocycles. The molecule has 1 radical (unpaired) electrons. The van der Waals surface area contributed by atoms with E-state index in [2.05, 4.69) is 44.2 Å². The molecule has 0 aliphatic heterocycles. The Morgan fingerprint density at radius 3 is 2.57 bits per heavy atom. The Kier molecular flexibility index (Phi) is 5.04. The van der Waals surface area contributed by atoms with Crippen molar-refractivity contribution in [3.63, 3.8) is 0 Å². The molecule has 0 heterocycles. The van der Waals surface area contributed by atoms with Gasteiger partial charge in [0, 0.05) is 6.42 Å². The zero-order chi connectivity index (χ0) is 10.4. The molecule has 0 amide bonds. The van der Waals surface area contributed by atoms with Gasteiger partial charge in [0.05, 0.1) is 6.04 Å². The van der Waals surface area contributed by atoms with Crippen LogP contribution >= 0.6 is 0 Å². The minimum atomic E-state index is 0.394. The Bertz CT molecular complexity index is 203. The maximum atomic E-state index is 3.33. The lowest BCUT2D eigenvalue weighted by atomic mass is 9.87. The zero-order valence-corrected chi connectivity index (χ0v) is 9.71. The molecule has 1 unspecified atom stereocenters. The van der Waals surface area contributed by atoms with E-state index in [1.54, 1.807) is 0 Å². The second-order valence-corrected chi connectivity index (χ2v) is 4.47. The summed E-state index contributed by atoms with van der Waals surface area (Å²) in [7, 11) is 4.16. The van der Waals surface area contributed by atoms with Gasteiger partial charge in [-0.2, -0.15) is 0 Å². The van der Waals surface area contributed by atoms with E-state index in [9.17, 15) is 0 Å². The van der Waals surface area contributed by atoms with Crippen LogP contribution in [0.4, 0.5) is 0 Å². The van der Waals surface area contributed by atoms with E-state index in [4.69, 9.17) is 0 Å². The average Bonchev–Trinajstić information content (AvgIpc) is 2.19. The first kappa shape index (κ1) is 11.6. The molecule has 0 bridgehead atoms. The molecule has 0 spiro atoms. The summed E-state index contributed by atoms with van der Waals surface area (Å²) in [6, 6.07) is 0.394. The molecule has 1 saturated carbocycles. The van der Waals surface area contributed by atoms with E-state index in [-0.39, 0.29) is 0 Å². The predicted octanol–water partition coefficient (Wildman–Crippen LogP) is 2.72. The van der Waals surface area contributed by atoms with Crippen molar-refractivity contribution < 1.29 is 0 Å². The fourth-order valence-corrected chi connectivity index (χ4v) is 1.68. The minimum Gasteiger partial charge on any atom is -0.296 e. The van der Waals surface area contributed by atoms with Gasteiger partial charge in [-0.15, -0.1) is 5.92 Å². The first-order valence-electron chi connectivity index (χ1n) is 5.66. The smallest absolute Gasteiger partial charge is 0.0681 e. The number of hydrogen-bond donors (Lipinski definition) is 0. The quantitative estimate of drug-likeness (QED) is 0.608. The van der Waals surface area contributed by atoms with Gasteiger partial charge in [-0.1, -0.05) is 5.92 Å². The number of nitrogens with zero attached hydrogens (tertiary/aromatic N) is 1. The van der Waals surface area contributed by atoms with Crippen molar-refractivity contribution in [2.75, 3.05) is 14.1 Å². The van der Waals surface area contributed by atoms with Crippen molar-refractivity contribution in [2.24, 2.45) is 5.92 Å². The van der Waals surface area contributed by atoms with E-state index in [1.807, 2.05) is 0 Å². The number of hydrogen-bond acceptors (Lipinski definition) is 1. The molecule has 1 fully saturated rings. The predicted molar refractivity (Wildman–Crippen MR) is 61.8 cm³/mol. The van der Waals surface area contributed by atoms with Gasteiger partial charge in [-0.25, -0.2) is 0 Å². The van der Waals surface area contributed by atoms with Crippen molar-refractivity contribution in [1.29, 1.82) is 0 Å². The maximum Gasteiger partial charge on any atom is 0.0681 e. The molecular weight excluding hydrogens is 170 g/mol. The molecule has 1 atom stereocenters. The molecule has 0 saturated heterocycles. The van der Waals surface area contributed by atoms with Crippen LogP contribution in [0.2, 0.25) is 0 Å². The van der Waals surface area contributed by atoms with Crippen LogP contribution in [0.5, 0.6) is 0 Å². The van der Waals surface area contributed by atoms with Crippen molar-refractivity contribution in [2.45, 2.75) is 45.1 Å². The van der Waals surface area contributed by atoms with E-state index in [0.29, 0.717) is 6.04 Å². The standard InChI is InChI=1S/C13H22N/c1-12(14(2)3)8-7-11-13-9-5-4-6-10-13/h4,12-13H,5-6,9-11H2,1-3H3. The lowest BCUT2D eigenvalue weighted by Gasteiger charge is -2.19. The Balaban J connectivity index is 2.23. The van der Waals surface area contributed by atoms with Gasteiger partial charge in [0.2, 0.25) is 0 Å². The Morgan fingerprint density at radius 1 is 1.36 bits per heavy atom. The Labute approximate surface area is 88.9 Å². The third kappa shape index (κ3) is 4.15. The van der Waals surface area contributed by atoms with Crippen LogP contribution in [0.15, 0.2) is 0 Å². The third-order valence-corrected chi connectivity index (χ3v) is 3.03. The third-order valence-electron chi connectivity index (χ3n) is 3.03. The molecule has 0 N–H and O–H groups in total. The van der Waals surface area contributed by atoms with Gasteiger partial charge in [-0.05, 0) is 59.0 Å². The largest absolute Gasteiger partial charge is 0.296 e. The van der Waals surface area contributed by atoms with Crippen LogP contribution in [0.3, 0.4) is 0 Å². The highest BCUT2D eigenvalue weighted by molar-refractivity contribution is 5.07. The normalized spacial score (nSPS) is 20.3. The van der Waals surface area contributed by atoms with Crippen LogP contribution < -0.4 is 0 Å². The topological polar surface area (TPSA) is 3.24 Å². The van der Waals surface area contributed by atoms with Crippen LogP contribution in [0.1, 0.15) is 39.0 Å². The monoisotopic (exact) mass is 192 g/mol. The zero-order valence-electron chi connectivity index (χ0n) is 9.71. The fourth-order valence-electron chi connectivity index (χ4n) is 1.68. The first-order valence-corrected chi connectivity index (χ1v) is 5.66. The Hall–Kier alpha value is -0.480. The van der Waals surface area contributed by atoms with Crippen molar-refractivity contribution >= 4 is 0 Å². The SMILES string of the molecule is CC(C#CCC1CC[CH]CC1)N(C)C. The van der Waals surface area contributed by atoms with E-state index >= 15 is 0 Å². The second kappa shape index (κ2) is 6.09. The van der Waals surface area contributed by atoms with E-state index in [0.717, 1.165) is 12.3 Å². The summed E-state index contributed by atoms with van der Waals surface area (Å²) in [5.74, 6) is 7.49. The maximum absolute atomic E-state index is 3.33. The molecule has 0 aromatic carbocycles. The van der Waals surface area contributed by atoms with Crippen LogP contribution in [-0.2, 0) is 0 Å². The van der Waals surface area contributed by atoms with Gasteiger partial charge in [0.1, 0.15) is 0 Å². The summed E-state index contributed by atoms with van der Waals surface area (Å²) in [5, 5.41) is 0. The second-order valence-electron chi connectivity index (χ2n) is 4.47. The van der Waals surface area contributed by atoms with Gasteiger partial charge >= 0.3 is 0 Å². The minimum absolute atomic E-state index is 0.394. The summed E-state index contributed by atoms with van der Waals surface area (Å²) >= 11 is 0.